The molecule has 0 aliphatic carbocycles. The second-order valence-corrected chi connectivity index (χ2v) is 7.31. The van der Waals surface area contributed by atoms with Crippen LogP contribution in [0.4, 0.5) is 5.69 Å². The molecule has 28 heavy (non-hydrogen) atoms. The van der Waals surface area contributed by atoms with Crippen LogP contribution in [0.25, 0.3) is 0 Å². The van der Waals surface area contributed by atoms with Gasteiger partial charge >= 0.3 is 0 Å². The fraction of sp³-hybridized carbons (Fsp3) is 0.526. The van der Waals surface area contributed by atoms with E-state index in [4.69, 9.17) is 9.84 Å². The number of carbonyl (C=O) groups excluding carboxylic acids is 3. The number of amides is 3. The summed E-state index contributed by atoms with van der Waals surface area (Å²) < 4.78 is 5.49. The largest absolute Gasteiger partial charge is 0.392 e. The van der Waals surface area contributed by atoms with E-state index < -0.39 is 17.6 Å². The standard InChI is InChI=1S/C19H30N3O5P/c1-13(18(26)22-15-6-4-14(11-23)5-7-15)21-17(25)10-20-16(24)8-9-19(2,3)27-12-28/h4-7,13,23H,8-12,28H2,1-3H3,(H,20,24)(H,21,25)(H,22,26)/t13-/m0/s1. The van der Waals surface area contributed by atoms with E-state index in [1.165, 1.54) is 0 Å². The number of hydrogen-bond acceptors (Lipinski definition) is 5. The molecule has 3 amide bonds. The zero-order valence-electron chi connectivity index (χ0n) is 16.6. The van der Waals surface area contributed by atoms with E-state index in [1.54, 1.807) is 31.2 Å². The van der Waals surface area contributed by atoms with E-state index in [9.17, 15) is 14.4 Å². The Balaban J connectivity index is 2.34. The quantitative estimate of drug-likeness (QED) is 0.408. The lowest BCUT2D eigenvalue weighted by atomic mass is 10.0. The van der Waals surface area contributed by atoms with Gasteiger partial charge in [0.2, 0.25) is 17.7 Å². The number of anilines is 1. The summed E-state index contributed by atoms with van der Waals surface area (Å²) >= 11 is 0. The molecular weight excluding hydrogens is 381 g/mol. The summed E-state index contributed by atoms with van der Waals surface area (Å²) in [5, 5.41) is 16.8. The maximum absolute atomic E-state index is 12.1. The van der Waals surface area contributed by atoms with Crippen LogP contribution in [0, 0.1) is 0 Å². The molecule has 0 aliphatic rings. The molecule has 0 saturated carbocycles. The van der Waals surface area contributed by atoms with E-state index >= 15 is 0 Å². The van der Waals surface area contributed by atoms with Gasteiger partial charge in [-0.1, -0.05) is 12.1 Å². The summed E-state index contributed by atoms with van der Waals surface area (Å²) in [6.45, 7) is 5.07. The molecule has 0 heterocycles. The fourth-order valence-electron chi connectivity index (χ4n) is 2.28. The van der Waals surface area contributed by atoms with Gasteiger partial charge in [-0.15, -0.1) is 9.24 Å². The molecule has 0 aliphatic heterocycles. The Morgan fingerprint density at radius 3 is 2.39 bits per heavy atom. The van der Waals surface area contributed by atoms with Crippen molar-refractivity contribution in [2.24, 2.45) is 0 Å². The molecule has 156 valence electrons. The molecule has 1 unspecified atom stereocenters. The summed E-state index contributed by atoms with van der Waals surface area (Å²) in [6.07, 6.45) is 1.26. The first-order valence-corrected chi connectivity index (χ1v) is 9.89. The Hall–Kier alpha value is -2.02. The third kappa shape index (κ3) is 9.26. The van der Waals surface area contributed by atoms with Crippen molar-refractivity contribution in [3.8, 4) is 0 Å². The van der Waals surface area contributed by atoms with Gasteiger partial charge in [0, 0.05) is 12.1 Å². The highest BCUT2D eigenvalue weighted by atomic mass is 31.0. The molecule has 0 aromatic heterocycles. The molecule has 9 heteroatoms. The van der Waals surface area contributed by atoms with Crippen molar-refractivity contribution in [2.45, 2.75) is 51.9 Å². The van der Waals surface area contributed by atoms with Crippen LogP contribution >= 0.6 is 9.24 Å². The Kier molecular flexibility index (Phi) is 10.1. The summed E-state index contributed by atoms with van der Waals surface area (Å²) in [5.41, 5.74) is 0.883. The molecule has 4 N–H and O–H groups in total. The second kappa shape index (κ2) is 11.7. The summed E-state index contributed by atoms with van der Waals surface area (Å²) in [4.78, 5) is 35.9. The van der Waals surface area contributed by atoms with Gasteiger partial charge in [0.15, 0.2) is 0 Å². The van der Waals surface area contributed by atoms with Crippen LogP contribution in [0.15, 0.2) is 24.3 Å². The normalized spacial score (nSPS) is 12.2. The minimum atomic E-state index is -0.767. The maximum Gasteiger partial charge on any atom is 0.246 e. The van der Waals surface area contributed by atoms with Crippen molar-refractivity contribution in [1.29, 1.82) is 0 Å². The Labute approximate surface area is 168 Å². The summed E-state index contributed by atoms with van der Waals surface area (Å²) in [5.74, 6) is -1.09. The van der Waals surface area contributed by atoms with Crippen molar-refractivity contribution in [3.63, 3.8) is 0 Å². The van der Waals surface area contributed by atoms with Gasteiger partial charge in [-0.3, -0.25) is 14.4 Å². The zero-order valence-corrected chi connectivity index (χ0v) is 17.7. The first-order valence-electron chi connectivity index (χ1n) is 9.07. The molecule has 2 atom stereocenters. The fourth-order valence-corrected chi connectivity index (χ4v) is 2.73. The highest BCUT2D eigenvalue weighted by Gasteiger charge is 2.20. The molecule has 1 rings (SSSR count). The van der Waals surface area contributed by atoms with Gasteiger partial charge in [-0.25, -0.2) is 0 Å². The number of carbonyl (C=O) groups is 3. The third-order valence-corrected chi connectivity index (χ3v) is 4.22. The first kappa shape index (κ1) is 24.0. The minimum absolute atomic E-state index is 0.0748. The predicted octanol–water partition coefficient (Wildman–Crippen LogP) is 1.15. The predicted molar refractivity (Wildman–Crippen MR) is 111 cm³/mol. The highest BCUT2D eigenvalue weighted by Crippen LogP contribution is 2.17. The SMILES string of the molecule is C[C@H](NC(=O)CNC(=O)CCC(C)(C)OCP)C(=O)Nc1ccc(CO)cc1. The molecular formula is C19H30N3O5P. The van der Waals surface area contributed by atoms with Crippen molar-refractivity contribution >= 4 is 32.6 Å². The van der Waals surface area contributed by atoms with Crippen LogP contribution < -0.4 is 16.0 Å². The molecule has 1 aromatic carbocycles. The number of ether oxygens (including phenoxy) is 1. The van der Waals surface area contributed by atoms with Gasteiger partial charge in [0.05, 0.1) is 25.1 Å². The molecule has 8 nitrogen and oxygen atoms in total. The van der Waals surface area contributed by atoms with Gasteiger partial charge in [0.1, 0.15) is 6.04 Å². The van der Waals surface area contributed by atoms with Crippen LogP contribution in [-0.2, 0) is 25.7 Å². The van der Waals surface area contributed by atoms with E-state index in [0.29, 0.717) is 18.5 Å². The Morgan fingerprint density at radius 2 is 1.82 bits per heavy atom. The smallest absolute Gasteiger partial charge is 0.246 e. The van der Waals surface area contributed by atoms with Crippen LogP contribution in [0.2, 0.25) is 0 Å². The molecule has 0 spiro atoms. The number of aliphatic hydroxyl groups is 1. The molecule has 0 radical (unpaired) electrons. The lowest BCUT2D eigenvalue weighted by Gasteiger charge is -2.24. The average molecular weight is 411 g/mol. The van der Waals surface area contributed by atoms with Gasteiger partial charge in [0.25, 0.3) is 0 Å². The molecule has 0 saturated heterocycles. The molecule has 0 fully saturated rings. The van der Waals surface area contributed by atoms with Gasteiger partial charge < -0.3 is 25.8 Å². The topological polar surface area (TPSA) is 117 Å². The first-order chi connectivity index (χ1) is 13.2. The van der Waals surface area contributed by atoms with Gasteiger partial charge in [-0.05, 0) is 44.9 Å². The van der Waals surface area contributed by atoms with E-state index in [0.717, 1.165) is 5.56 Å². The monoisotopic (exact) mass is 411 g/mol. The number of hydrogen-bond donors (Lipinski definition) is 4. The van der Waals surface area contributed by atoms with Crippen LogP contribution in [0.1, 0.15) is 39.2 Å². The number of benzene rings is 1. The van der Waals surface area contributed by atoms with Crippen LogP contribution in [0.3, 0.4) is 0 Å². The lowest BCUT2D eigenvalue weighted by molar-refractivity contribution is -0.128. The van der Waals surface area contributed by atoms with Crippen LogP contribution in [-0.4, -0.2) is 47.4 Å². The van der Waals surface area contributed by atoms with Crippen molar-refractivity contribution in [3.05, 3.63) is 29.8 Å². The second-order valence-electron chi connectivity index (χ2n) is 6.98. The Bertz CT molecular complexity index is 664. The number of aliphatic hydroxyl groups excluding tert-OH is 1. The minimum Gasteiger partial charge on any atom is -0.392 e. The number of nitrogens with one attached hydrogen (secondary N) is 3. The molecule has 0 bridgehead atoms. The Morgan fingerprint density at radius 1 is 1.18 bits per heavy atom. The van der Waals surface area contributed by atoms with E-state index in [1.807, 2.05) is 13.8 Å². The van der Waals surface area contributed by atoms with Crippen molar-refractivity contribution < 1.29 is 24.2 Å². The summed E-state index contributed by atoms with van der Waals surface area (Å²) in [7, 11) is 2.47. The maximum atomic E-state index is 12.1. The van der Waals surface area contributed by atoms with Crippen LogP contribution in [0.5, 0.6) is 0 Å². The zero-order chi connectivity index (χ0) is 21.2. The number of rotatable bonds is 11. The third-order valence-electron chi connectivity index (χ3n) is 4.05. The van der Waals surface area contributed by atoms with E-state index in [-0.39, 0.29) is 31.4 Å². The highest BCUT2D eigenvalue weighted by molar-refractivity contribution is 7.16. The van der Waals surface area contributed by atoms with E-state index in [2.05, 4.69) is 25.2 Å². The van der Waals surface area contributed by atoms with Gasteiger partial charge in [-0.2, -0.15) is 0 Å². The molecule has 1 aromatic rings. The lowest BCUT2D eigenvalue weighted by Crippen LogP contribution is -2.46. The summed E-state index contributed by atoms with van der Waals surface area (Å²) in [6, 6.07) is 5.96. The van der Waals surface area contributed by atoms with Crippen molar-refractivity contribution in [2.75, 3.05) is 18.2 Å². The van der Waals surface area contributed by atoms with Crippen molar-refractivity contribution in [1.82, 2.24) is 10.6 Å². The average Bonchev–Trinajstić information content (AvgIpc) is 2.65.